The number of methoxy groups -OCH3 is 1. The summed E-state index contributed by atoms with van der Waals surface area (Å²) < 4.78 is 5.40. The van der Waals surface area contributed by atoms with Crippen molar-refractivity contribution in [3.63, 3.8) is 0 Å². The number of nitrogens with two attached hydrogens (primary N) is 1. The second-order valence-electron chi connectivity index (χ2n) is 5.33. The van der Waals surface area contributed by atoms with E-state index in [1.165, 1.54) is 0 Å². The van der Waals surface area contributed by atoms with Gasteiger partial charge in [0, 0.05) is 19.6 Å². The van der Waals surface area contributed by atoms with Gasteiger partial charge in [-0.1, -0.05) is 12.1 Å². The number of nitrogens with zero attached hydrogens (tertiary/aromatic N) is 2. The summed E-state index contributed by atoms with van der Waals surface area (Å²) >= 11 is 0. The number of amides is 1. The first-order valence-electron chi connectivity index (χ1n) is 7.35. The topological polar surface area (TPSA) is 58.8 Å². The highest BCUT2D eigenvalue weighted by molar-refractivity contribution is 5.82. The van der Waals surface area contributed by atoms with Crippen molar-refractivity contribution < 1.29 is 9.53 Å². The van der Waals surface area contributed by atoms with Gasteiger partial charge in [-0.25, -0.2) is 0 Å². The molecule has 0 bridgehead atoms. The highest BCUT2D eigenvalue weighted by Gasteiger charge is 2.18. The summed E-state index contributed by atoms with van der Waals surface area (Å²) in [6.45, 7) is 5.67. The lowest BCUT2D eigenvalue weighted by Crippen LogP contribution is -2.42. The van der Waals surface area contributed by atoms with Crippen LogP contribution >= 0.6 is 0 Å². The number of benzene rings is 1. The minimum Gasteiger partial charge on any atom is -0.495 e. The molecule has 5 nitrogen and oxygen atoms in total. The zero-order valence-electron chi connectivity index (χ0n) is 13.5. The summed E-state index contributed by atoms with van der Waals surface area (Å²) in [5.41, 5.74) is 6.54. The van der Waals surface area contributed by atoms with Gasteiger partial charge >= 0.3 is 0 Å². The van der Waals surface area contributed by atoms with E-state index in [0.717, 1.165) is 24.4 Å². The molecule has 0 spiro atoms. The molecule has 0 aliphatic heterocycles. The summed E-state index contributed by atoms with van der Waals surface area (Å²) in [4.78, 5) is 16.1. The number of carbonyl (C=O) groups excluding carboxylic acids is 1. The predicted molar refractivity (Wildman–Crippen MR) is 86.8 cm³/mol. The molecule has 0 saturated heterocycles. The molecule has 1 rings (SSSR count). The average Bonchev–Trinajstić information content (AvgIpc) is 2.50. The molecule has 2 N–H and O–H groups in total. The lowest BCUT2D eigenvalue weighted by atomic mass is 10.2. The van der Waals surface area contributed by atoms with Crippen molar-refractivity contribution in [1.29, 1.82) is 0 Å². The van der Waals surface area contributed by atoms with Crippen LogP contribution in [0.1, 0.15) is 20.3 Å². The lowest BCUT2D eigenvalue weighted by Gasteiger charge is -2.29. The van der Waals surface area contributed by atoms with Crippen molar-refractivity contribution >= 4 is 11.6 Å². The van der Waals surface area contributed by atoms with Crippen molar-refractivity contribution in [3.8, 4) is 5.75 Å². The van der Waals surface area contributed by atoms with Crippen molar-refractivity contribution in [2.45, 2.75) is 26.3 Å². The van der Waals surface area contributed by atoms with Gasteiger partial charge in [0.1, 0.15) is 5.75 Å². The Balaban J connectivity index is 2.92. The molecule has 1 aromatic carbocycles. The summed E-state index contributed by atoms with van der Waals surface area (Å²) in [6, 6.07) is 7.93. The summed E-state index contributed by atoms with van der Waals surface area (Å²) in [5.74, 6) is 0.863. The largest absolute Gasteiger partial charge is 0.495 e. The molecular formula is C16H27N3O2. The summed E-state index contributed by atoms with van der Waals surface area (Å²) in [6.07, 6.45) is 0.830. The first-order valence-corrected chi connectivity index (χ1v) is 7.35. The van der Waals surface area contributed by atoms with E-state index in [0.29, 0.717) is 13.1 Å². The van der Waals surface area contributed by atoms with Gasteiger partial charge in [-0.3, -0.25) is 4.79 Å². The normalized spacial score (nSPS) is 10.6. The van der Waals surface area contributed by atoms with Gasteiger partial charge in [0.2, 0.25) is 5.91 Å². The van der Waals surface area contributed by atoms with Crippen LogP contribution < -0.4 is 15.4 Å². The zero-order valence-corrected chi connectivity index (χ0v) is 13.5. The Morgan fingerprint density at radius 2 is 2.00 bits per heavy atom. The third-order valence-electron chi connectivity index (χ3n) is 3.55. The second-order valence-corrected chi connectivity index (χ2v) is 5.33. The van der Waals surface area contributed by atoms with E-state index in [1.54, 1.807) is 12.0 Å². The first-order chi connectivity index (χ1) is 10.0. The number of carbonyl (C=O) groups is 1. The standard InChI is InChI=1S/C16H27N3O2/c1-13(2)18(3)16(20)12-19(11-7-10-17)14-8-5-6-9-15(14)21-4/h5-6,8-9,13H,7,10-12,17H2,1-4H3. The van der Waals surface area contributed by atoms with Gasteiger partial charge in [-0.15, -0.1) is 0 Å². The van der Waals surface area contributed by atoms with E-state index in [1.807, 2.05) is 50.1 Å². The van der Waals surface area contributed by atoms with Crippen LogP contribution in [0.25, 0.3) is 0 Å². The number of hydrogen-bond acceptors (Lipinski definition) is 4. The number of anilines is 1. The molecular weight excluding hydrogens is 266 g/mol. The molecule has 5 heteroatoms. The summed E-state index contributed by atoms with van der Waals surface area (Å²) in [5, 5.41) is 0. The van der Waals surface area contributed by atoms with Crippen LogP contribution in [-0.4, -0.2) is 50.6 Å². The first kappa shape index (κ1) is 17.3. The van der Waals surface area contributed by atoms with Crippen LogP contribution in [-0.2, 0) is 4.79 Å². The SMILES string of the molecule is COc1ccccc1N(CCCN)CC(=O)N(C)C(C)C. The Labute approximate surface area is 127 Å². The summed E-state index contributed by atoms with van der Waals surface area (Å²) in [7, 11) is 3.47. The molecule has 0 atom stereocenters. The van der Waals surface area contributed by atoms with Gasteiger partial charge in [0.05, 0.1) is 19.3 Å². The lowest BCUT2D eigenvalue weighted by molar-refractivity contribution is -0.129. The van der Waals surface area contributed by atoms with E-state index in [4.69, 9.17) is 10.5 Å². The van der Waals surface area contributed by atoms with Crippen LogP contribution in [0.2, 0.25) is 0 Å². The quantitative estimate of drug-likeness (QED) is 0.793. The van der Waals surface area contributed by atoms with E-state index in [9.17, 15) is 4.79 Å². The Kier molecular flexibility index (Phi) is 7.02. The minimum absolute atomic E-state index is 0.0907. The molecule has 0 radical (unpaired) electrons. The highest BCUT2D eigenvalue weighted by atomic mass is 16.5. The third kappa shape index (κ3) is 4.93. The molecule has 0 unspecified atom stereocenters. The van der Waals surface area contributed by atoms with E-state index in [2.05, 4.69) is 0 Å². The van der Waals surface area contributed by atoms with Gasteiger partial charge in [0.25, 0.3) is 0 Å². The molecule has 0 saturated carbocycles. The number of para-hydroxylation sites is 2. The molecule has 0 aliphatic carbocycles. The average molecular weight is 293 g/mol. The van der Waals surface area contributed by atoms with E-state index >= 15 is 0 Å². The number of hydrogen-bond donors (Lipinski definition) is 1. The zero-order chi connectivity index (χ0) is 15.8. The van der Waals surface area contributed by atoms with Crippen LogP contribution in [0.4, 0.5) is 5.69 Å². The maximum atomic E-state index is 12.3. The fourth-order valence-corrected chi connectivity index (χ4v) is 2.02. The maximum absolute atomic E-state index is 12.3. The Bertz CT molecular complexity index is 449. The smallest absolute Gasteiger partial charge is 0.242 e. The fourth-order valence-electron chi connectivity index (χ4n) is 2.02. The van der Waals surface area contributed by atoms with Gasteiger partial charge in [-0.05, 0) is 38.9 Å². The monoisotopic (exact) mass is 293 g/mol. The molecule has 0 fully saturated rings. The maximum Gasteiger partial charge on any atom is 0.242 e. The van der Waals surface area contributed by atoms with Gasteiger partial charge < -0.3 is 20.3 Å². The second kappa shape index (κ2) is 8.52. The Morgan fingerprint density at radius 1 is 1.33 bits per heavy atom. The minimum atomic E-state index is 0.0907. The molecule has 21 heavy (non-hydrogen) atoms. The Hall–Kier alpha value is -1.75. The number of rotatable bonds is 8. The van der Waals surface area contributed by atoms with Gasteiger partial charge in [0.15, 0.2) is 0 Å². The number of likely N-dealkylation sites (N-methyl/N-ethyl adjacent to an activating group) is 1. The number of ether oxygens (including phenoxy) is 1. The van der Waals surface area contributed by atoms with Crippen LogP contribution in [0.15, 0.2) is 24.3 Å². The molecule has 1 amide bonds. The van der Waals surface area contributed by atoms with E-state index in [-0.39, 0.29) is 11.9 Å². The highest BCUT2D eigenvalue weighted by Crippen LogP contribution is 2.27. The van der Waals surface area contributed by atoms with Crippen LogP contribution in [0.5, 0.6) is 5.75 Å². The van der Waals surface area contributed by atoms with Crippen molar-refractivity contribution in [3.05, 3.63) is 24.3 Å². The molecule has 0 aromatic heterocycles. The molecule has 0 aliphatic rings. The van der Waals surface area contributed by atoms with Crippen LogP contribution in [0, 0.1) is 0 Å². The predicted octanol–water partition coefficient (Wildman–Crippen LogP) is 1.72. The van der Waals surface area contributed by atoms with Crippen LogP contribution in [0.3, 0.4) is 0 Å². The van der Waals surface area contributed by atoms with Gasteiger partial charge in [-0.2, -0.15) is 0 Å². The molecule has 1 aromatic rings. The Morgan fingerprint density at radius 3 is 2.57 bits per heavy atom. The third-order valence-corrected chi connectivity index (χ3v) is 3.55. The fraction of sp³-hybridized carbons (Fsp3) is 0.562. The molecule has 0 heterocycles. The van der Waals surface area contributed by atoms with E-state index < -0.39 is 0 Å². The molecule has 118 valence electrons. The van der Waals surface area contributed by atoms with Crippen molar-refractivity contribution in [1.82, 2.24) is 4.90 Å². The van der Waals surface area contributed by atoms with Crippen molar-refractivity contribution in [2.75, 3.05) is 38.7 Å². The van der Waals surface area contributed by atoms with Crippen molar-refractivity contribution in [2.24, 2.45) is 5.73 Å².